The van der Waals surface area contributed by atoms with Crippen molar-refractivity contribution in [3.63, 3.8) is 0 Å². The van der Waals surface area contributed by atoms with Gasteiger partial charge in [-0.2, -0.15) is 0 Å². The minimum atomic E-state index is 0.0107. The average molecular weight is 338 g/mol. The van der Waals surface area contributed by atoms with Crippen LogP contribution < -0.4 is 9.64 Å². The maximum absolute atomic E-state index is 12.3. The van der Waals surface area contributed by atoms with Gasteiger partial charge in [-0.3, -0.25) is 9.59 Å². The smallest absolute Gasteiger partial charge is 0.260 e. The molecule has 25 heavy (non-hydrogen) atoms. The molecule has 0 aliphatic carbocycles. The second-order valence-electron chi connectivity index (χ2n) is 6.18. The summed E-state index contributed by atoms with van der Waals surface area (Å²) >= 11 is 0. The van der Waals surface area contributed by atoms with Gasteiger partial charge < -0.3 is 14.5 Å². The molecule has 130 valence electrons. The first-order valence-electron chi connectivity index (χ1n) is 8.43. The number of aryl methyl sites for hydroxylation is 1. The number of amides is 1. The van der Waals surface area contributed by atoms with Crippen molar-refractivity contribution in [2.24, 2.45) is 0 Å². The monoisotopic (exact) mass is 338 g/mol. The van der Waals surface area contributed by atoms with Crippen LogP contribution in [0, 0.1) is 6.92 Å². The molecule has 0 spiro atoms. The zero-order valence-corrected chi connectivity index (χ0v) is 14.4. The lowest BCUT2D eigenvalue weighted by Gasteiger charge is -2.36. The number of anilines is 1. The number of carbonyl (C=O) groups is 2. The van der Waals surface area contributed by atoms with E-state index >= 15 is 0 Å². The lowest BCUT2D eigenvalue weighted by molar-refractivity contribution is -0.133. The summed E-state index contributed by atoms with van der Waals surface area (Å²) in [4.78, 5) is 27.1. The second kappa shape index (κ2) is 7.83. The van der Waals surface area contributed by atoms with Crippen molar-refractivity contribution in [2.45, 2.75) is 6.92 Å². The summed E-state index contributed by atoms with van der Waals surface area (Å²) in [6, 6.07) is 15.2. The molecule has 2 aromatic rings. The Balaban J connectivity index is 1.48. The quantitative estimate of drug-likeness (QED) is 0.786. The van der Waals surface area contributed by atoms with Crippen LogP contribution in [0.15, 0.2) is 48.5 Å². The van der Waals surface area contributed by atoms with E-state index in [-0.39, 0.29) is 12.5 Å². The van der Waals surface area contributed by atoms with Gasteiger partial charge in [-0.05, 0) is 43.3 Å². The maximum Gasteiger partial charge on any atom is 0.260 e. The Bertz CT molecular complexity index is 718. The molecule has 0 N–H and O–H groups in total. The van der Waals surface area contributed by atoms with E-state index in [0.29, 0.717) is 24.4 Å². The van der Waals surface area contributed by atoms with E-state index in [1.165, 1.54) is 0 Å². The molecule has 5 nitrogen and oxygen atoms in total. The number of ether oxygens (including phenoxy) is 1. The fourth-order valence-corrected chi connectivity index (χ4v) is 2.85. The molecule has 1 amide bonds. The van der Waals surface area contributed by atoms with Crippen molar-refractivity contribution in [1.82, 2.24) is 4.90 Å². The molecular formula is C20H22N2O3. The first kappa shape index (κ1) is 17.0. The third kappa shape index (κ3) is 4.38. The molecule has 2 aromatic carbocycles. The summed E-state index contributed by atoms with van der Waals surface area (Å²) in [7, 11) is 0. The van der Waals surface area contributed by atoms with Gasteiger partial charge in [0.25, 0.3) is 5.91 Å². The highest BCUT2D eigenvalue weighted by molar-refractivity contribution is 5.78. The second-order valence-corrected chi connectivity index (χ2v) is 6.18. The van der Waals surface area contributed by atoms with Crippen molar-refractivity contribution < 1.29 is 14.3 Å². The molecule has 1 fully saturated rings. The summed E-state index contributed by atoms with van der Waals surface area (Å²) in [5.41, 5.74) is 2.91. The first-order valence-corrected chi connectivity index (χ1v) is 8.43. The lowest BCUT2D eigenvalue weighted by atomic mass is 10.2. The number of carbonyl (C=O) groups excluding carboxylic acids is 2. The summed E-state index contributed by atoms with van der Waals surface area (Å²) in [5, 5.41) is 0. The maximum atomic E-state index is 12.3. The van der Waals surface area contributed by atoms with Gasteiger partial charge in [-0.25, -0.2) is 0 Å². The van der Waals surface area contributed by atoms with Crippen LogP contribution in [0.3, 0.4) is 0 Å². The van der Waals surface area contributed by atoms with Gasteiger partial charge in [0.2, 0.25) is 0 Å². The van der Waals surface area contributed by atoms with Crippen molar-refractivity contribution in [1.29, 1.82) is 0 Å². The van der Waals surface area contributed by atoms with Crippen LogP contribution in [0.1, 0.15) is 15.9 Å². The van der Waals surface area contributed by atoms with Crippen molar-refractivity contribution in [3.8, 4) is 5.75 Å². The molecule has 0 bridgehead atoms. The highest BCUT2D eigenvalue weighted by atomic mass is 16.5. The van der Waals surface area contributed by atoms with Gasteiger partial charge in [-0.15, -0.1) is 0 Å². The lowest BCUT2D eigenvalue weighted by Crippen LogP contribution is -2.50. The molecule has 0 unspecified atom stereocenters. The highest BCUT2D eigenvalue weighted by Gasteiger charge is 2.21. The molecule has 1 aliphatic rings. The van der Waals surface area contributed by atoms with Crippen LogP contribution in [0.4, 0.5) is 5.69 Å². The van der Waals surface area contributed by atoms with Crippen LogP contribution >= 0.6 is 0 Å². The van der Waals surface area contributed by atoms with Gasteiger partial charge in [0.15, 0.2) is 6.61 Å². The average Bonchev–Trinajstić information content (AvgIpc) is 2.67. The van der Waals surface area contributed by atoms with Gasteiger partial charge in [0, 0.05) is 37.4 Å². The van der Waals surface area contributed by atoms with E-state index in [2.05, 4.69) is 4.90 Å². The molecule has 0 aromatic heterocycles. The van der Waals surface area contributed by atoms with Crippen molar-refractivity contribution in [3.05, 3.63) is 59.7 Å². The van der Waals surface area contributed by atoms with Gasteiger partial charge in [0.05, 0.1) is 0 Å². The Hall–Kier alpha value is -2.82. The number of piperazine rings is 1. The molecule has 3 rings (SSSR count). The SMILES string of the molecule is Cc1ccc(OCC(=O)N2CCN(c3ccc(C=O)cc3)CC2)cc1. The first-order chi connectivity index (χ1) is 12.2. The number of hydrogen-bond acceptors (Lipinski definition) is 4. The largest absolute Gasteiger partial charge is 0.484 e. The van der Waals surface area contributed by atoms with E-state index in [1.54, 1.807) is 0 Å². The fourth-order valence-electron chi connectivity index (χ4n) is 2.85. The summed E-state index contributed by atoms with van der Waals surface area (Å²) in [6.45, 7) is 4.97. The minimum absolute atomic E-state index is 0.0107. The Morgan fingerprint density at radius 2 is 1.64 bits per heavy atom. The van der Waals surface area contributed by atoms with Crippen LogP contribution in [-0.2, 0) is 4.79 Å². The molecule has 5 heteroatoms. The summed E-state index contributed by atoms with van der Waals surface area (Å²) in [6.07, 6.45) is 0.842. The standard InChI is InChI=1S/C20H22N2O3/c1-16-2-8-19(9-3-16)25-15-20(24)22-12-10-21(11-13-22)18-6-4-17(14-23)5-7-18/h2-9,14H,10-13,15H2,1H3. The third-order valence-electron chi connectivity index (χ3n) is 4.41. The predicted molar refractivity (Wildman–Crippen MR) is 97.3 cm³/mol. The molecular weight excluding hydrogens is 316 g/mol. The summed E-state index contributed by atoms with van der Waals surface area (Å²) < 4.78 is 5.58. The molecule has 1 heterocycles. The van der Waals surface area contributed by atoms with Crippen LogP contribution in [0.2, 0.25) is 0 Å². The Labute approximate surface area is 147 Å². The molecule has 1 saturated heterocycles. The number of aldehydes is 1. The topological polar surface area (TPSA) is 49.9 Å². The van der Waals surface area contributed by atoms with E-state index < -0.39 is 0 Å². The van der Waals surface area contributed by atoms with E-state index in [9.17, 15) is 9.59 Å². The fraction of sp³-hybridized carbons (Fsp3) is 0.300. The van der Waals surface area contributed by atoms with Gasteiger partial charge >= 0.3 is 0 Å². The predicted octanol–water partition coefficient (Wildman–Crippen LogP) is 2.54. The molecule has 0 atom stereocenters. The van der Waals surface area contributed by atoms with E-state index in [1.807, 2.05) is 60.4 Å². The van der Waals surface area contributed by atoms with Gasteiger partial charge in [-0.1, -0.05) is 17.7 Å². The zero-order valence-electron chi connectivity index (χ0n) is 14.4. The van der Waals surface area contributed by atoms with Crippen LogP contribution in [0.5, 0.6) is 5.75 Å². The van der Waals surface area contributed by atoms with E-state index in [0.717, 1.165) is 30.6 Å². The van der Waals surface area contributed by atoms with Crippen LogP contribution in [-0.4, -0.2) is 49.9 Å². The molecule has 1 aliphatic heterocycles. The van der Waals surface area contributed by atoms with Crippen molar-refractivity contribution >= 4 is 17.9 Å². The number of rotatable bonds is 5. The van der Waals surface area contributed by atoms with Gasteiger partial charge in [0.1, 0.15) is 12.0 Å². The van der Waals surface area contributed by atoms with Crippen LogP contribution in [0.25, 0.3) is 0 Å². The molecule has 0 radical (unpaired) electrons. The van der Waals surface area contributed by atoms with Crippen molar-refractivity contribution in [2.75, 3.05) is 37.7 Å². The van der Waals surface area contributed by atoms with E-state index in [4.69, 9.17) is 4.74 Å². The third-order valence-corrected chi connectivity index (χ3v) is 4.41. The number of nitrogens with zero attached hydrogens (tertiary/aromatic N) is 2. The summed E-state index contributed by atoms with van der Waals surface area (Å²) in [5.74, 6) is 0.726. The normalized spacial score (nSPS) is 14.3. The molecule has 0 saturated carbocycles. The Morgan fingerprint density at radius 3 is 2.24 bits per heavy atom. The number of benzene rings is 2. The highest BCUT2D eigenvalue weighted by Crippen LogP contribution is 2.17. The zero-order chi connectivity index (χ0) is 17.6. The minimum Gasteiger partial charge on any atom is -0.484 e. The number of hydrogen-bond donors (Lipinski definition) is 0. The Kier molecular flexibility index (Phi) is 5.33. The Morgan fingerprint density at radius 1 is 1.00 bits per heavy atom.